The summed E-state index contributed by atoms with van der Waals surface area (Å²) in [5.41, 5.74) is 0. The highest BCUT2D eigenvalue weighted by Crippen LogP contribution is 2.20. The first-order valence-electron chi connectivity index (χ1n) is 9.33. The van der Waals surface area contributed by atoms with E-state index in [0.29, 0.717) is 15.8 Å². The summed E-state index contributed by atoms with van der Waals surface area (Å²) in [4.78, 5) is 25.7. The Kier molecular flexibility index (Phi) is 7.77. The molecule has 1 aliphatic rings. The fourth-order valence-corrected chi connectivity index (χ4v) is 4.64. The number of rotatable bonds is 7. The fraction of sp³-hybridized carbons (Fsp3) is 0.300. The van der Waals surface area contributed by atoms with Crippen LogP contribution in [0.25, 0.3) is 0 Å². The largest absolute Gasteiger partial charge is 0.482 e. The Morgan fingerprint density at radius 2 is 1.58 bits per heavy atom. The van der Waals surface area contributed by atoms with Crippen molar-refractivity contribution in [3.05, 3.63) is 58.6 Å². The summed E-state index contributed by atoms with van der Waals surface area (Å²) < 4.78 is 36.9. The van der Waals surface area contributed by atoms with E-state index in [2.05, 4.69) is 0 Å². The van der Waals surface area contributed by atoms with Gasteiger partial charge in [0.1, 0.15) is 5.75 Å². The third-order valence-corrected chi connectivity index (χ3v) is 6.95. The number of carbonyl (C=O) groups is 2. The van der Waals surface area contributed by atoms with Crippen molar-refractivity contribution in [2.75, 3.05) is 39.4 Å². The number of hydrogen-bond donors (Lipinski definition) is 0. The predicted octanol–water partition coefficient (Wildman–Crippen LogP) is 2.45. The lowest BCUT2D eigenvalue weighted by Gasteiger charge is -2.33. The lowest BCUT2D eigenvalue weighted by atomic mass is 10.3. The van der Waals surface area contributed by atoms with Gasteiger partial charge in [-0.1, -0.05) is 29.3 Å². The van der Waals surface area contributed by atoms with Gasteiger partial charge >= 0.3 is 5.97 Å². The summed E-state index contributed by atoms with van der Waals surface area (Å²) in [6.45, 7) is -0.127. The molecule has 0 saturated carbocycles. The second-order valence-electron chi connectivity index (χ2n) is 6.65. The van der Waals surface area contributed by atoms with Crippen molar-refractivity contribution in [2.45, 2.75) is 4.90 Å². The molecule has 31 heavy (non-hydrogen) atoms. The topological polar surface area (TPSA) is 93.2 Å². The Balaban J connectivity index is 1.43. The minimum absolute atomic E-state index is 0.141. The predicted molar refractivity (Wildman–Crippen MR) is 115 cm³/mol. The molecular formula is C20H20Cl2N2O6S. The molecule has 8 nitrogen and oxygen atoms in total. The smallest absolute Gasteiger partial charge is 0.344 e. The molecule has 0 unspecified atom stereocenters. The molecule has 2 aromatic carbocycles. The van der Waals surface area contributed by atoms with Gasteiger partial charge in [0.25, 0.3) is 5.91 Å². The van der Waals surface area contributed by atoms with E-state index in [0.717, 1.165) is 0 Å². The zero-order chi connectivity index (χ0) is 22.4. The van der Waals surface area contributed by atoms with E-state index < -0.39 is 28.5 Å². The monoisotopic (exact) mass is 486 g/mol. The van der Waals surface area contributed by atoms with E-state index >= 15 is 0 Å². The van der Waals surface area contributed by atoms with Gasteiger partial charge in [-0.3, -0.25) is 4.79 Å². The number of ether oxygens (including phenoxy) is 2. The quantitative estimate of drug-likeness (QED) is 0.558. The van der Waals surface area contributed by atoms with Gasteiger partial charge in [-0.05, 0) is 42.5 Å². The van der Waals surface area contributed by atoms with Crippen LogP contribution in [0, 0.1) is 0 Å². The number of esters is 1. The molecule has 1 saturated heterocycles. The van der Waals surface area contributed by atoms with Gasteiger partial charge in [0.2, 0.25) is 10.0 Å². The van der Waals surface area contributed by atoms with Crippen molar-refractivity contribution in [1.82, 2.24) is 9.21 Å². The van der Waals surface area contributed by atoms with Crippen LogP contribution in [0.5, 0.6) is 5.75 Å². The van der Waals surface area contributed by atoms with Crippen molar-refractivity contribution < 1.29 is 27.5 Å². The Labute approximate surface area is 190 Å². The molecule has 0 bridgehead atoms. The minimum Gasteiger partial charge on any atom is -0.482 e. The zero-order valence-electron chi connectivity index (χ0n) is 16.4. The van der Waals surface area contributed by atoms with Gasteiger partial charge in [0.05, 0.1) is 4.90 Å². The summed E-state index contributed by atoms with van der Waals surface area (Å²) in [6, 6.07) is 12.5. The van der Waals surface area contributed by atoms with Gasteiger partial charge in [0, 0.05) is 36.2 Å². The number of amides is 1. The molecular weight excluding hydrogens is 467 g/mol. The summed E-state index contributed by atoms with van der Waals surface area (Å²) in [6.07, 6.45) is 0. The van der Waals surface area contributed by atoms with Crippen LogP contribution in [-0.2, 0) is 24.3 Å². The molecule has 1 heterocycles. The molecule has 11 heteroatoms. The van der Waals surface area contributed by atoms with E-state index in [1.807, 2.05) is 0 Å². The van der Waals surface area contributed by atoms with Crippen molar-refractivity contribution in [3.8, 4) is 5.75 Å². The second kappa shape index (κ2) is 10.3. The van der Waals surface area contributed by atoms with Gasteiger partial charge in [-0.2, -0.15) is 4.31 Å². The Morgan fingerprint density at radius 1 is 0.903 bits per heavy atom. The molecule has 0 N–H and O–H groups in total. The highest BCUT2D eigenvalue weighted by atomic mass is 35.5. The molecule has 0 aromatic heterocycles. The lowest BCUT2D eigenvalue weighted by Crippen LogP contribution is -2.51. The summed E-state index contributed by atoms with van der Waals surface area (Å²) >= 11 is 11.6. The number of halogens is 2. The maximum Gasteiger partial charge on any atom is 0.344 e. The highest BCUT2D eigenvalue weighted by molar-refractivity contribution is 7.89. The van der Waals surface area contributed by atoms with Crippen molar-refractivity contribution in [3.63, 3.8) is 0 Å². The van der Waals surface area contributed by atoms with Gasteiger partial charge in [-0.15, -0.1) is 0 Å². The summed E-state index contributed by atoms with van der Waals surface area (Å²) in [5.74, 6) is -0.689. The number of nitrogens with zero attached hydrogens (tertiary/aromatic N) is 2. The van der Waals surface area contributed by atoms with E-state index in [-0.39, 0.29) is 37.7 Å². The Bertz CT molecular complexity index is 1040. The van der Waals surface area contributed by atoms with Crippen molar-refractivity contribution in [1.29, 1.82) is 0 Å². The fourth-order valence-electron chi connectivity index (χ4n) is 2.91. The van der Waals surface area contributed by atoms with E-state index in [1.165, 1.54) is 33.5 Å². The maximum atomic E-state index is 12.7. The SMILES string of the molecule is O=C(COc1cccc(Cl)c1)OCC(=O)N1CCN(S(=O)(=O)c2ccc(Cl)cc2)CC1. The molecule has 166 valence electrons. The maximum absolute atomic E-state index is 12.7. The first-order chi connectivity index (χ1) is 14.8. The van der Waals surface area contributed by atoms with Gasteiger partial charge in [-0.25, -0.2) is 13.2 Å². The first kappa shape index (κ1) is 23.3. The molecule has 0 spiro atoms. The molecule has 0 aliphatic carbocycles. The number of carbonyl (C=O) groups excluding carboxylic acids is 2. The molecule has 1 aliphatic heterocycles. The number of sulfonamides is 1. The first-order valence-corrected chi connectivity index (χ1v) is 11.5. The third-order valence-electron chi connectivity index (χ3n) is 4.55. The van der Waals surface area contributed by atoms with Crippen LogP contribution in [0.3, 0.4) is 0 Å². The highest BCUT2D eigenvalue weighted by Gasteiger charge is 2.30. The molecule has 0 radical (unpaired) electrons. The van der Waals surface area contributed by atoms with Crippen LogP contribution < -0.4 is 4.74 Å². The number of piperazine rings is 1. The normalized spacial score (nSPS) is 14.8. The van der Waals surface area contributed by atoms with E-state index in [1.54, 1.807) is 24.3 Å². The zero-order valence-corrected chi connectivity index (χ0v) is 18.7. The standard InChI is InChI=1S/C20H20Cl2N2O6S/c21-15-4-6-18(7-5-15)31(27,28)24-10-8-23(9-11-24)19(25)13-30-20(26)14-29-17-3-1-2-16(22)12-17/h1-7,12H,8-11,13-14H2. The van der Waals surface area contributed by atoms with E-state index in [4.69, 9.17) is 32.7 Å². The van der Waals surface area contributed by atoms with Gasteiger partial charge < -0.3 is 14.4 Å². The van der Waals surface area contributed by atoms with Crippen LogP contribution in [-0.4, -0.2) is 68.9 Å². The average molecular weight is 487 g/mol. The van der Waals surface area contributed by atoms with Crippen LogP contribution in [0.15, 0.2) is 53.4 Å². The Hall–Kier alpha value is -2.33. The number of hydrogen-bond acceptors (Lipinski definition) is 6. The minimum atomic E-state index is -3.67. The molecule has 1 amide bonds. The lowest BCUT2D eigenvalue weighted by molar-refractivity contribution is -0.154. The van der Waals surface area contributed by atoms with E-state index in [9.17, 15) is 18.0 Å². The van der Waals surface area contributed by atoms with Gasteiger partial charge in [0.15, 0.2) is 13.2 Å². The summed E-state index contributed by atoms with van der Waals surface area (Å²) in [7, 11) is -3.67. The molecule has 3 rings (SSSR count). The van der Waals surface area contributed by atoms with Crippen LogP contribution >= 0.6 is 23.2 Å². The third kappa shape index (κ3) is 6.33. The van der Waals surface area contributed by atoms with Crippen molar-refractivity contribution >= 4 is 45.1 Å². The average Bonchev–Trinajstić information content (AvgIpc) is 2.76. The number of benzene rings is 2. The Morgan fingerprint density at radius 3 is 2.23 bits per heavy atom. The second-order valence-corrected chi connectivity index (χ2v) is 9.46. The van der Waals surface area contributed by atoms with Crippen LogP contribution in [0.4, 0.5) is 0 Å². The molecule has 1 fully saturated rings. The van der Waals surface area contributed by atoms with Crippen LogP contribution in [0.1, 0.15) is 0 Å². The molecule has 2 aromatic rings. The summed E-state index contributed by atoms with van der Waals surface area (Å²) in [5, 5.41) is 0.917. The van der Waals surface area contributed by atoms with Crippen LogP contribution in [0.2, 0.25) is 10.0 Å². The molecule has 0 atom stereocenters. The van der Waals surface area contributed by atoms with Crippen molar-refractivity contribution in [2.24, 2.45) is 0 Å².